The maximum absolute atomic E-state index is 12.4. The van der Waals surface area contributed by atoms with Gasteiger partial charge in [0.15, 0.2) is 0 Å². The molecule has 3 aromatic carbocycles. The third-order valence-electron chi connectivity index (χ3n) is 4.73. The van der Waals surface area contributed by atoms with Gasteiger partial charge in [-0.1, -0.05) is 54.6 Å². The molecule has 7 heteroatoms. The Balaban J connectivity index is 0.00000240. The summed E-state index contributed by atoms with van der Waals surface area (Å²) in [5, 5.41) is 19.6. The molecule has 0 radical (unpaired) electrons. The van der Waals surface area contributed by atoms with E-state index < -0.39 is 18.0 Å². The second-order valence-electron chi connectivity index (χ2n) is 6.56. The van der Waals surface area contributed by atoms with Crippen molar-refractivity contribution in [1.29, 1.82) is 0 Å². The van der Waals surface area contributed by atoms with E-state index in [4.69, 9.17) is 0 Å². The van der Waals surface area contributed by atoms with Crippen LogP contribution in [0.25, 0.3) is 21.7 Å². The first-order valence-electron chi connectivity index (χ1n) is 8.93. The maximum atomic E-state index is 12.4. The molecule has 29 heavy (non-hydrogen) atoms. The van der Waals surface area contributed by atoms with Crippen LogP contribution in [0.3, 0.4) is 0 Å². The third kappa shape index (κ3) is 4.88. The number of nitrogens with one attached hydrogen (secondary N) is 3. The fourth-order valence-electron chi connectivity index (χ4n) is 3.36. The van der Waals surface area contributed by atoms with Gasteiger partial charge in [-0.2, -0.15) is 0 Å². The molecule has 1 heterocycles. The molecule has 0 aliphatic rings. The Labute approximate surface area is 210 Å². The van der Waals surface area contributed by atoms with Crippen LogP contribution in [0.1, 0.15) is 5.56 Å². The van der Waals surface area contributed by atoms with E-state index in [1.165, 1.54) is 0 Å². The van der Waals surface area contributed by atoms with E-state index in [2.05, 4.69) is 15.6 Å². The predicted octanol–water partition coefficient (Wildman–Crippen LogP) is -0.192. The number of benzene rings is 3. The van der Waals surface area contributed by atoms with Crippen molar-refractivity contribution in [3.8, 4) is 0 Å². The van der Waals surface area contributed by atoms with Gasteiger partial charge in [0.05, 0.1) is 17.7 Å². The van der Waals surface area contributed by atoms with Crippen LogP contribution in [0, 0.1) is 0 Å². The molecule has 0 saturated heterocycles. The molecular formula is C22H18KN3O3. The normalized spacial score (nSPS) is 11.6. The van der Waals surface area contributed by atoms with Crippen LogP contribution in [0.15, 0.2) is 72.9 Å². The Hall–Kier alpha value is -2.16. The zero-order valence-electron chi connectivity index (χ0n) is 15.9. The number of rotatable bonds is 5. The SMILES string of the molecule is O=C(Nc1cccc2ccccc12)N[C@H](Cc1c[nH]c2ccccc12)C(=O)[O-].[K+]. The number of aromatic amines is 1. The first kappa shape index (κ1) is 21.5. The number of carbonyl (C=O) groups is 2. The average molecular weight is 412 g/mol. The second kappa shape index (κ2) is 9.56. The Bertz CT molecular complexity index is 1170. The number of amides is 2. The Morgan fingerprint density at radius 2 is 1.62 bits per heavy atom. The van der Waals surface area contributed by atoms with Crippen LogP contribution in [-0.2, 0) is 11.2 Å². The minimum Gasteiger partial charge on any atom is -0.548 e. The largest absolute Gasteiger partial charge is 1.00 e. The zero-order chi connectivity index (χ0) is 19.5. The predicted molar refractivity (Wildman–Crippen MR) is 107 cm³/mol. The zero-order valence-corrected chi connectivity index (χ0v) is 19.1. The summed E-state index contributed by atoms with van der Waals surface area (Å²) in [7, 11) is 0. The third-order valence-corrected chi connectivity index (χ3v) is 4.73. The van der Waals surface area contributed by atoms with Crippen molar-refractivity contribution >= 4 is 39.4 Å². The number of carboxylic acids is 1. The van der Waals surface area contributed by atoms with Crippen LogP contribution in [0.5, 0.6) is 0 Å². The summed E-state index contributed by atoms with van der Waals surface area (Å²) in [6.07, 6.45) is 1.88. The molecule has 0 spiro atoms. The summed E-state index contributed by atoms with van der Waals surface area (Å²) in [5.41, 5.74) is 2.32. The number of aliphatic carboxylic acids is 1. The summed E-state index contributed by atoms with van der Waals surface area (Å²) in [4.78, 5) is 27.1. The molecule has 140 valence electrons. The topological polar surface area (TPSA) is 97.1 Å². The van der Waals surface area contributed by atoms with Gasteiger partial charge >= 0.3 is 57.4 Å². The van der Waals surface area contributed by atoms with Gasteiger partial charge in [0.25, 0.3) is 0 Å². The van der Waals surface area contributed by atoms with Crippen molar-refractivity contribution in [3.63, 3.8) is 0 Å². The van der Waals surface area contributed by atoms with Crippen LogP contribution in [0.4, 0.5) is 10.5 Å². The number of carboxylic acid groups (broad SMARTS) is 1. The van der Waals surface area contributed by atoms with E-state index in [1.54, 1.807) is 12.3 Å². The number of carbonyl (C=O) groups excluding carboxylic acids is 2. The number of hydrogen-bond donors (Lipinski definition) is 3. The fraction of sp³-hybridized carbons (Fsp3) is 0.0909. The van der Waals surface area contributed by atoms with E-state index in [1.807, 2.05) is 60.7 Å². The van der Waals surface area contributed by atoms with Crippen molar-refractivity contribution in [1.82, 2.24) is 10.3 Å². The van der Waals surface area contributed by atoms with E-state index in [0.717, 1.165) is 27.2 Å². The standard InChI is InChI=1S/C22H19N3O3.K/c26-21(27)20(12-15-13-23-18-10-4-3-9-17(15)18)25-22(28)24-19-11-5-7-14-6-1-2-8-16(14)19;/h1-11,13,20,23H,12H2,(H,26,27)(H2,24,25,28);/q;+1/p-1/t20-;/m1./s1. The molecule has 4 rings (SSSR count). The minimum atomic E-state index is -1.33. The molecule has 6 nitrogen and oxygen atoms in total. The quantitative estimate of drug-likeness (QED) is 0.397. The van der Waals surface area contributed by atoms with Gasteiger partial charge in [-0.05, 0) is 23.1 Å². The first-order chi connectivity index (χ1) is 13.6. The van der Waals surface area contributed by atoms with Crippen molar-refractivity contribution in [2.24, 2.45) is 0 Å². The van der Waals surface area contributed by atoms with E-state index in [-0.39, 0.29) is 57.8 Å². The van der Waals surface area contributed by atoms with E-state index >= 15 is 0 Å². The number of hydrogen-bond acceptors (Lipinski definition) is 3. The van der Waals surface area contributed by atoms with E-state index in [9.17, 15) is 14.7 Å². The Kier molecular flexibility index (Phi) is 7.10. The van der Waals surface area contributed by atoms with Gasteiger partial charge in [0.1, 0.15) is 0 Å². The number of urea groups is 1. The van der Waals surface area contributed by atoms with Gasteiger partial charge in [-0.25, -0.2) is 4.79 Å². The fourth-order valence-corrected chi connectivity index (χ4v) is 3.36. The molecule has 0 aliphatic heterocycles. The van der Waals surface area contributed by atoms with Gasteiger partial charge in [-0.15, -0.1) is 0 Å². The first-order valence-corrected chi connectivity index (χ1v) is 8.93. The summed E-state index contributed by atoms with van der Waals surface area (Å²) in [6, 6.07) is 19.0. The Morgan fingerprint density at radius 3 is 2.41 bits per heavy atom. The Morgan fingerprint density at radius 1 is 0.931 bits per heavy atom. The molecule has 4 aromatic rings. The molecule has 3 N–H and O–H groups in total. The molecule has 0 saturated carbocycles. The molecule has 0 aliphatic carbocycles. The number of anilines is 1. The van der Waals surface area contributed by atoms with E-state index in [0.29, 0.717) is 5.69 Å². The minimum absolute atomic E-state index is 0. The van der Waals surface area contributed by atoms with Crippen molar-refractivity contribution in [3.05, 3.63) is 78.5 Å². The molecule has 0 bridgehead atoms. The number of para-hydroxylation sites is 1. The molecule has 2 amide bonds. The van der Waals surface area contributed by atoms with Gasteiger partial charge in [-0.3, -0.25) is 0 Å². The number of fused-ring (bicyclic) bond motifs is 2. The molecule has 1 atom stereocenters. The summed E-state index contributed by atoms with van der Waals surface area (Å²) >= 11 is 0. The van der Waals surface area contributed by atoms with Crippen LogP contribution >= 0.6 is 0 Å². The van der Waals surface area contributed by atoms with Gasteiger partial charge < -0.3 is 25.5 Å². The van der Waals surface area contributed by atoms with Crippen LogP contribution in [-0.4, -0.2) is 23.0 Å². The van der Waals surface area contributed by atoms with Crippen molar-refractivity contribution in [2.75, 3.05) is 5.32 Å². The molecule has 1 aromatic heterocycles. The van der Waals surface area contributed by atoms with Crippen molar-refractivity contribution < 1.29 is 66.1 Å². The second-order valence-corrected chi connectivity index (χ2v) is 6.56. The van der Waals surface area contributed by atoms with Crippen LogP contribution in [0.2, 0.25) is 0 Å². The monoisotopic (exact) mass is 411 g/mol. The molecular weight excluding hydrogens is 393 g/mol. The smallest absolute Gasteiger partial charge is 0.548 e. The summed E-state index contributed by atoms with van der Waals surface area (Å²) < 4.78 is 0. The average Bonchev–Trinajstić information content (AvgIpc) is 3.11. The number of aromatic nitrogens is 1. The number of H-pyrrole nitrogens is 1. The van der Waals surface area contributed by atoms with Crippen LogP contribution < -0.4 is 67.1 Å². The maximum Gasteiger partial charge on any atom is 1.00 e. The summed E-state index contributed by atoms with van der Waals surface area (Å²) in [5.74, 6) is -1.33. The molecule has 0 unspecified atom stereocenters. The van der Waals surface area contributed by atoms with Gasteiger partial charge in [0.2, 0.25) is 0 Å². The van der Waals surface area contributed by atoms with Crippen molar-refractivity contribution in [2.45, 2.75) is 12.5 Å². The molecule has 0 fully saturated rings. The summed E-state index contributed by atoms with van der Waals surface area (Å²) in [6.45, 7) is 0. The van der Waals surface area contributed by atoms with Gasteiger partial charge in [0, 0.05) is 28.9 Å².